The van der Waals surface area contributed by atoms with Crippen molar-refractivity contribution >= 4 is 24.4 Å². The van der Waals surface area contributed by atoms with Crippen LogP contribution in [0.15, 0.2) is 30.3 Å². The van der Waals surface area contributed by atoms with Crippen molar-refractivity contribution in [2.75, 3.05) is 7.05 Å². The molecule has 0 aliphatic carbocycles. The predicted molar refractivity (Wildman–Crippen MR) is 55.8 cm³/mol. The number of carbonyl (C=O) groups excluding carboxylic acids is 1. The monoisotopic (exact) mass is 289 g/mol. The van der Waals surface area contributed by atoms with Gasteiger partial charge in [-0.25, -0.2) is 0 Å². The molecule has 1 atom stereocenters. The van der Waals surface area contributed by atoms with Crippen LogP contribution in [0.1, 0.15) is 6.92 Å². The van der Waals surface area contributed by atoms with Crippen molar-refractivity contribution in [2.45, 2.75) is 6.92 Å². The van der Waals surface area contributed by atoms with Gasteiger partial charge in [-0.05, 0) is 0 Å². The fourth-order valence-electron chi connectivity index (χ4n) is 0.938. The summed E-state index contributed by atoms with van der Waals surface area (Å²) in [5, 5.41) is 9.44. The number of benzene rings is 1. The molecule has 1 unspecified atom stereocenters. The topological polar surface area (TPSA) is 76.1 Å². The van der Waals surface area contributed by atoms with Crippen molar-refractivity contribution in [3.63, 3.8) is 0 Å². The van der Waals surface area contributed by atoms with Gasteiger partial charge < -0.3 is 0 Å². The first-order valence-corrected chi connectivity index (χ1v) is 7.66. The first-order chi connectivity index (χ1) is 7.49. The standard InChI is InChI=1S/C9H12AsNO5/c1-8(12)11(2)15-10(13,16-14)9-6-4-3-5-7-9/h3-7,14H,1-2H3. The second-order valence-electron chi connectivity index (χ2n) is 3.01. The average molecular weight is 289 g/mol. The Balaban J connectivity index is 2.95. The Morgan fingerprint density at radius 1 is 1.38 bits per heavy atom. The van der Waals surface area contributed by atoms with E-state index in [1.54, 1.807) is 18.2 Å². The van der Waals surface area contributed by atoms with Gasteiger partial charge in [-0.1, -0.05) is 0 Å². The van der Waals surface area contributed by atoms with E-state index in [1.807, 2.05) is 0 Å². The van der Waals surface area contributed by atoms with Crippen LogP contribution in [0.5, 0.6) is 0 Å². The van der Waals surface area contributed by atoms with Gasteiger partial charge in [0.1, 0.15) is 0 Å². The van der Waals surface area contributed by atoms with Gasteiger partial charge in [-0.15, -0.1) is 0 Å². The summed E-state index contributed by atoms with van der Waals surface area (Å²) in [6.45, 7) is 1.24. The molecule has 1 amide bonds. The molecule has 88 valence electrons. The van der Waals surface area contributed by atoms with E-state index < -0.39 is 20.1 Å². The molecule has 0 aliphatic rings. The second-order valence-corrected chi connectivity index (χ2v) is 6.87. The van der Waals surface area contributed by atoms with E-state index in [4.69, 9.17) is 9.08 Å². The molecule has 0 heterocycles. The molecular weight excluding hydrogens is 277 g/mol. The van der Waals surface area contributed by atoms with Crippen LogP contribution < -0.4 is 4.35 Å². The van der Waals surface area contributed by atoms with Crippen LogP contribution in [0.2, 0.25) is 0 Å². The Kier molecular flexibility index (Phi) is 4.32. The molecule has 1 N–H and O–H groups in total. The maximum atomic E-state index is 12.1. The van der Waals surface area contributed by atoms with Gasteiger partial charge >= 0.3 is 95.3 Å². The third-order valence-corrected chi connectivity index (χ3v) is 5.22. The molecule has 0 fully saturated rings. The summed E-state index contributed by atoms with van der Waals surface area (Å²) in [5.41, 5.74) is 0. The van der Waals surface area contributed by atoms with Crippen LogP contribution in [0, 0.1) is 0 Å². The number of hydrogen-bond acceptors (Lipinski definition) is 5. The number of carbonyl (C=O) groups is 1. The summed E-state index contributed by atoms with van der Waals surface area (Å²) in [6, 6.07) is 7.95. The third-order valence-electron chi connectivity index (χ3n) is 1.85. The van der Waals surface area contributed by atoms with Gasteiger partial charge in [0, 0.05) is 0 Å². The van der Waals surface area contributed by atoms with E-state index >= 15 is 0 Å². The van der Waals surface area contributed by atoms with Crippen molar-refractivity contribution in [2.24, 2.45) is 0 Å². The molecule has 6 nitrogen and oxygen atoms in total. The molecule has 1 aromatic carbocycles. The summed E-state index contributed by atoms with van der Waals surface area (Å²) in [7, 11) is 1.29. The van der Waals surface area contributed by atoms with Crippen LogP contribution in [0.3, 0.4) is 0 Å². The summed E-state index contributed by atoms with van der Waals surface area (Å²) in [6.07, 6.45) is 0. The van der Waals surface area contributed by atoms with Gasteiger partial charge in [-0.3, -0.25) is 0 Å². The first-order valence-electron chi connectivity index (χ1n) is 4.42. The number of hydroxylamine groups is 2. The van der Waals surface area contributed by atoms with Crippen LogP contribution in [0.25, 0.3) is 0 Å². The second kappa shape index (κ2) is 5.32. The molecule has 16 heavy (non-hydrogen) atoms. The molecule has 1 aromatic rings. The summed E-state index contributed by atoms with van der Waals surface area (Å²) in [5.74, 6) is -0.449. The molecule has 0 spiro atoms. The number of rotatable bonds is 4. The number of hydrogen-bond donors (Lipinski definition) is 1. The van der Waals surface area contributed by atoms with Gasteiger partial charge in [0.05, 0.1) is 0 Å². The Morgan fingerprint density at radius 2 is 1.94 bits per heavy atom. The number of amides is 1. The summed E-state index contributed by atoms with van der Waals surface area (Å²) in [4.78, 5) is 10.9. The fourth-order valence-corrected chi connectivity index (χ4v) is 3.44. The summed E-state index contributed by atoms with van der Waals surface area (Å²) >= 11 is -4.59. The van der Waals surface area contributed by atoms with E-state index in [1.165, 1.54) is 26.1 Å². The SMILES string of the molecule is CC(=O)N(C)O[As](=O)(OO)c1ccccc1. The maximum absolute atomic E-state index is 12.1. The molecule has 0 bridgehead atoms. The van der Waals surface area contributed by atoms with Crippen LogP contribution >= 0.6 is 0 Å². The zero-order valence-corrected chi connectivity index (χ0v) is 10.7. The van der Waals surface area contributed by atoms with Gasteiger partial charge in [0.15, 0.2) is 0 Å². The van der Waals surface area contributed by atoms with Crippen LogP contribution in [-0.2, 0) is 16.2 Å². The van der Waals surface area contributed by atoms with Crippen molar-refractivity contribution in [1.82, 2.24) is 5.06 Å². The molecule has 0 aliphatic heterocycles. The Bertz CT molecular complexity index is 408. The molecule has 0 radical (unpaired) electrons. The van der Waals surface area contributed by atoms with E-state index in [0.717, 1.165) is 5.06 Å². The van der Waals surface area contributed by atoms with Crippen LogP contribution in [-0.4, -0.2) is 37.4 Å². The molecule has 7 heteroatoms. The predicted octanol–water partition coefficient (Wildman–Crippen LogP) is 0.162. The zero-order chi connectivity index (χ0) is 12.2. The van der Waals surface area contributed by atoms with Crippen molar-refractivity contribution in [3.05, 3.63) is 30.3 Å². The van der Waals surface area contributed by atoms with Crippen molar-refractivity contribution in [1.29, 1.82) is 0 Å². The van der Waals surface area contributed by atoms with E-state index in [9.17, 15) is 8.53 Å². The summed E-state index contributed by atoms with van der Waals surface area (Å²) < 4.78 is 21.1. The average Bonchev–Trinajstić information content (AvgIpc) is 2.29. The first kappa shape index (κ1) is 13.0. The normalized spacial score (nSPS) is 14.2. The minimum atomic E-state index is -4.59. The van der Waals surface area contributed by atoms with Crippen molar-refractivity contribution < 1.29 is 21.5 Å². The van der Waals surface area contributed by atoms with E-state index in [2.05, 4.69) is 3.88 Å². The van der Waals surface area contributed by atoms with Gasteiger partial charge in [0.2, 0.25) is 0 Å². The molecular formula is C9H12AsNO5. The molecule has 0 aromatic heterocycles. The minimum absolute atomic E-state index is 0.219. The number of nitrogens with zero attached hydrogens (tertiary/aromatic N) is 1. The quantitative estimate of drug-likeness (QED) is 0.485. The van der Waals surface area contributed by atoms with Crippen LogP contribution in [0.4, 0.5) is 0 Å². The Hall–Kier alpha value is -1.07. The Morgan fingerprint density at radius 3 is 2.38 bits per heavy atom. The van der Waals surface area contributed by atoms with E-state index in [-0.39, 0.29) is 4.35 Å². The third kappa shape index (κ3) is 2.96. The Labute approximate surface area is 95.6 Å². The van der Waals surface area contributed by atoms with Gasteiger partial charge in [-0.2, -0.15) is 0 Å². The zero-order valence-electron chi connectivity index (χ0n) is 8.86. The van der Waals surface area contributed by atoms with Gasteiger partial charge in [0.25, 0.3) is 0 Å². The molecule has 1 rings (SSSR count). The fraction of sp³-hybridized carbons (Fsp3) is 0.222. The molecule has 0 saturated carbocycles. The van der Waals surface area contributed by atoms with E-state index in [0.29, 0.717) is 0 Å². The molecule has 0 saturated heterocycles. The van der Waals surface area contributed by atoms with Crippen molar-refractivity contribution in [3.8, 4) is 0 Å².